The fraction of sp³-hybridized carbons (Fsp3) is 0.238. The second-order valence-electron chi connectivity index (χ2n) is 12.8. The number of benzene rings is 5. The average Bonchev–Trinajstić information content (AvgIpc) is 3.36. The van der Waals surface area contributed by atoms with E-state index in [0.717, 1.165) is 77.4 Å². The summed E-state index contributed by atoms with van der Waals surface area (Å²) in [5, 5.41) is 4.52. The number of rotatable bonds is 7. The highest BCUT2D eigenvalue weighted by molar-refractivity contribution is 6.11. The average molecular weight is 597 g/mol. The predicted octanol–water partition coefficient (Wildman–Crippen LogP) is 11.7. The van der Waals surface area contributed by atoms with Gasteiger partial charge >= 0.3 is 0 Å². The minimum Gasteiger partial charge on any atom is -0.316 e. The lowest BCUT2D eigenvalue weighted by Gasteiger charge is -2.39. The summed E-state index contributed by atoms with van der Waals surface area (Å²) in [6.07, 6.45) is 11.2. The molecule has 0 spiro atoms. The van der Waals surface area contributed by atoms with Crippen molar-refractivity contribution in [3.63, 3.8) is 0 Å². The summed E-state index contributed by atoms with van der Waals surface area (Å²) in [5.41, 5.74) is 8.10. The highest BCUT2D eigenvalue weighted by Gasteiger charge is 2.38. The molecule has 1 atom stereocenters. The van der Waals surface area contributed by atoms with Gasteiger partial charge in [-0.2, -0.15) is 0 Å². The van der Waals surface area contributed by atoms with Crippen molar-refractivity contribution in [2.24, 2.45) is 0 Å². The maximum Gasteiger partial charge on any atom is 0.131 e. The van der Waals surface area contributed by atoms with Crippen LogP contribution in [0, 0.1) is 5.82 Å². The zero-order valence-corrected chi connectivity index (χ0v) is 26.3. The van der Waals surface area contributed by atoms with Gasteiger partial charge in [0.25, 0.3) is 0 Å². The molecule has 2 aliphatic rings. The summed E-state index contributed by atoms with van der Waals surface area (Å²) in [4.78, 5) is 0. The third-order valence-electron chi connectivity index (χ3n) is 9.82. The van der Waals surface area contributed by atoms with Crippen LogP contribution in [-0.4, -0.2) is 17.6 Å². The zero-order chi connectivity index (χ0) is 31.0. The molecule has 0 N–H and O–H groups in total. The largest absolute Gasteiger partial charge is 0.316 e. The molecule has 1 aliphatic heterocycles. The van der Waals surface area contributed by atoms with Crippen molar-refractivity contribution in [2.75, 3.05) is 13.1 Å². The van der Waals surface area contributed by atoms with Gasteiger partial charge in [0, 0.05) is 27.8 Å². The van der Waals surface area contributed by atoms with E-state index in [1.165, 1.54) is 33.0 Å². The minimum atomic E-state index is -0.204. The lowest BCUT2D eigenvalue weighted by molar-refractivity contribution is -0.953. The van der Waals surface area contributed by atoms with E-state index in [4.69, 9.17) is 0 Å². The Morgan fingerprint density at radius 2 is 1.27 bits per heavy atom. The molecule has 0 amide bonds. The second-order valence-corrected chi connectivity index (χ2v) is 12.8. The monoisotopic (exact) mass is 596 g/mol. The first-order valence-corrected chi connectivity index (χ1v) is 16.5. The summed E-state index contributed by atoms with van der Waals surface area (Å²) in [7, 11) is 0. The third-order valence-corrected chi connectivity index (χ3v) is 9.82. The molecule has 226 valence electrons. The van der Waals surface area contributed by atoms with Crippen molar-refractivity contribution in [1.82, 2.24) is 0 Å². The van der Waals surface area contributed by atoms with Crippen molar-refractivity contribution < 1.29 is 13.3 Å². The highest BCUT2D eigenvalue weighted by Crippen LogP contribution is 2.50. The van der Waals surface area contributed by atoms with Crippen molar-refractivity contribution >= 4 is 27.1 Å². The first-order chi connectivity index (χ1) is 22.0. The van der Waals surface area contributed by atoms with Gasteiger partial charge < -0.3 is 4.48 Å². The Labute approximate surface area is 265 Å². The molecule has 5 aromatic rings. The maximum atomic E-state index is 16.0. The van der Waals surface area contributed by atoms with Crippen molar-refractivity contribution in [3.8, 4) is 22.3 Å². The van der Waals surface area contributed by atoms with E-state index in [2.05, 4.69) is 80.6 Å². The van der Waals surface area contributed by atoms with Crippen molar-refractivity contribution in [3.05, 3.63) is 138 Å². The van der Waals surface area contributed by atoms with Gasteiger partial charge in [-0.15, -0.1) is 0 Å². The summed E-state index contributed by atoms with van der Waals surface area (Å²) in [6, 6.07) is 28.7. The number of hydrogen-bond acceptors (Lipinski definition) is 0. The summed E-state index contributed by atoms with van der Waals surface area (Å²) < 4.78 is 32.6. The molecule has 7 rings (SSSR count). The van der Waals surface area contributed by atoms with Gasteiger partial charge in [-0.05, 0) is 81.8 Å². The SMILES string of the molecule is CCCC[N+]1(CCC)Cc2c(C3=C(F)C=CC=CC3)cc3ccccc3c2-c2c(c(-c3ccccc3F)cc3ccccc23)C1. The van der Waals surface area contributed by atoms with Gasteiger partial charge in [0.1, 0.15) is 24.7 Å². The maximum absolute atomic E-state index is 16.0. The van der Waals surface area contributed by atoms with E-state index >= 15 is 8.78 Å². The number of allylic oxidation sites excluding steroid dienone is 6. The fourth-order valence-corrected chi connectivity index (χ4v) is 7.83. The van der Waals surface area contributed by atoms with Gasteiger partial charge in [0.05, 0.1) is 13.1 Å². The van der Waals surface area contributed by atoms with Crippen molar-refractivity contribution in [2.45, 2.75) is 52.6 Å². The lowest BCUT2D eigenvalue weighted by Crippen LogP contribution is -2.47. The number of hydrogen-bond donors (Lipinski definition) is 0. The Kier molecular flexibility index (Phi) is 7.97. The van der Waals surface area contributed by atoms with E-state index in [1.54, 1.807) is 24.3 Å². The lowest BCUT2D eigenvalue weighted by atomic mass is 9.81. The number of halogens is 2. The van der Waals surface area contributed by atoms with Gasteiger partial charge in [-0.25, -0.2) is 8.78 Å². The summed E-state index contributed by atoms with van der Waals surface area (Å²) in [6.45, 7) is 8.12. The van der Waals surface area contributed by atoms with Crippen LogP contribution in [0.15, 0.2) is 115 Å². The Morgan fingerprint density at radius 3 is 1.93 bits per heavy atom. The number of nitrogens with zero attached hydrogens (tertiary/aromatic N) is 1. The Hall–Kier alpha value is -4.34. The molecule has 1 aliphatic carbocycles. The van der Waals surface area contributed by atoms with E-state index in [9.17, 15) is 0 Å². The zero-order valence-electron chi connectivity index (χ0n) is 26.3. The molecule has 0 bridgehead atoms. The molecular formula is C42H40F2N+. The van der Waals surface area contributed by atoms with E-state index in [1.807, 2.05) is 18.2 Å². The fourth-order valence-electron chi connectivity index (χ4n) is 7.83. The molecule has 1 heterocycles. The first-order valence-electron chi connectivity index (χ1n) is 16.5. The van der Waals surface area contributed by atoms with Crippen LogP contribution >= 0.6 is 0 Å². The van der Waals surface area contributed by atoms with Crippen LogP contribution in [0.1, 0.15) is 56.2 Å². The first kappa shape index (κ1) is 29.4. The van der Waals surface area contributed by atoms with Crippen LogP contribution in [0.3, 0.4) is 0 Å². The predicted molar refractivity (Wildman–Crippen MR) is 186 cm³/mol. The van der Waals surface area contributed by atoms with Gasteiger partial charge in [-0.3, -0.25) is 0 Å². The minimum absolute atomic E-state index is 0.172. The van der Waals surface area contributed by atoms with Gasteiger partial charge in [0.15, 0.2) is 0 Å². The molecule has 3 heteroatoms. The molecule has 0 aromatic heterocycles. The molecule has 1 unspecified atom stereocenters. The van der Waals surface area contributed by atoms with E-state index < -0.39 is 0 Å². The smallest absolute Gasteiger partial charge is 0.131 e. The Balaban J connectivity index is 1.70. The van der Waals surface area contributed by atoms with Crippen LogP contribution in [0.5, 0.6) is 0 Å². The third kappa shape index (κ3) is 5.23. The van der Waals surface area contributed by atoms with Crippen molar-refractivity contribution in [1.29, 1.82) is 0 Å². The highest BCUT2D eigenvalue weighted by atomic mass is 19.1. The molecule has 0 fully saturated rings. The molecular weight excluding hydrogens is 556 g/mol. The van der Waals surface area contributed by atoms with Crippen LogP contribution in [-0.2, 0) is 13.1 Å². The Bertz CT molecular complexity index is 2010. The Morgan fingerprint density at radius 1 is 0.644 bits per heavy atom. The molecule has 5 aromatic carbocycles. The van der Waals surface area contributed by atoms with Crippen LogP contribution < -0.4 is 0 Å². The van der Waals surface area contributed by atoms with Crippen LogP contribution in [0.25, 0.3) is 49.4 Å². The number of unbranched alkanes of at least 4 members (excludes halogenated alkanes) is 1. The molecule has 0 saturated carbocycles. The summed E-state index contributed by atoms with van der Waals surface area (Å²) >= 11 is 0. The van der Waals surface area contributed by atoms with E-state index in [-0.39, 0.29) is 11.6 Å². The molecule has 0 saturated heterocycles. The number of quaternary nitrogens is 1. The molecule has 0 radical (unpaired) electrons. The number of fused-ring (bicyclic) bond motifs is 7. The normalized spacial score (nSPS) is 17.8. The topological polar surface area (TPSA) is 0 Å². The van der Waals surface area contributed by atoms with E-state index in [0.29, 0.717) is 12.0 Å². The van der Waals surface area contributed by atoms with Crippen LogP contribution in [0.2, 0.25) is 0 Å². The quantitative estimate of drug-likeness (QED) is 0.164. The van der Waals surface area contributed by atoms with Gasteiger partial charge in [0.2, 0.25) is 0 Å². The summed E-state index contributed by atoms with van der Waals surface area (Å²) in [5.74, 6) is -0.376. The molecule has 1 nitrogen and oxygen atoms in total. The standard InChI is InChI=1S/C42H40F2N/c1-3-5-24-45(23-4-2)27-37-35(33-19-7-6-8-21-39(33)43)25-29-15-9-11-17-31(29)41(37)42-32-18-12-10-16-30(32)26-36(38(42)28-45)34-20-13-14-22-40(34)44/h6-18,20-22,25-26H,3-5,19,23-24,27-28H2,1-2H3/q+1. The second kappa shape index (κ2) is 12.2. The van der Waals surface area contributed by atoms with Gasteiger partial charge in [-0.1, -0.05) is 105 Å². The van der Waals surface area contributed by atoms with Crippen LogP contribution in [0.4, 0.5) is 8.78 Å². The molecule has 45 heavy (non-hydrogen) atoms.